The SMILES string of the molecule is CCC(C)C1CC(=O)CC(CCN)C(=O)N[C@@H]([C@H](C)CC)[C@H](O)CC(CCN)C(=O)NC(C(C)CC)C(=O)CC(CC(C)C)C(=O)CC(CCN)C(=O)NC(C(C)C)C(=O)CC(CC(C)C)C(=O)NC(CO)C(=O)O1. The zero-order chi connectivity index (χ0) is 57.3. The quantitative estimate of drug-likeness (QED) is 0.0881. The van der Waals surface area contributed by atoms with Crippen molar-refractivity contribution in [2.45, 2.75) is 209 Å². The van der Waals surface area contributed by atoms with Crippen molar-refractivity contribution < 1.29 is 58.1 Å². The highest BCUT2D eigenvalue weighted by atomic mass is 16.5. The van der Waals surface area contributed by atoms with Gasteiger partial charge in [-0.3, -0.25) is 38.4 Å². The number of ketones is 4. The first-order valence-electron chi connectivity index (χ1n) is 28.1. The number of hydrogen-bond donors (Lipinski definition) is 9. The second-order valence-electron chi connectivity index (χ2n) is 22.9. The number of carbonyl (C=O) groups excluding carboxylic acids is 9. The fourth-order valence-corrected chi connectivity index (χ4v) is 9.94. The molecule has 1 heterocycles. The molecule has 0 radical (unpaired) electrons. The lowest BCUT2D eigenvalue weighted by Gasteiger charge is -2.33. The van der Waals surface area contributed by atoms with E-state index >= 15 is 0 Å². The standard InChI is InChI=1S/C56H101N7O12/c1-13-34(10)48-29-42(65)24-37(16-19-57)52(70)62-50(35(11)14-2)46(68)26-39(18-21-59)54(72)63-51(36(12)15-3)47(69)27-40(22-31(4)5)44(66)25-38(17-20-58)53(71)61-49(33(8)9)45(67)28-41(23-32(6)7)55(73)60-43(30-64)56(74)75-48/h31-41,43,46,48-51,64,68H,13-30,57-59H2,1-12H3,(H,60,73)(H,61,71)(H,62,70)(H,63,72)/t34?,35-,36?,37?,38?,39?,40?,41?,43?,46-,48?,49?,50+,51?/m1/s1. The number of aliphatic hydroxyl groups is 2. The van der Waals surface area contributed by atoms with E-state index in [-0.39, 0.29) is 125 Å². The fourth-order valence-electron chi connectivity index (χ4n) is 9.94. The Kier molecular flexibility index (Phi) is 32.4. The Morgan fingerprint density at radius 3 is 1.47 bits per heavy atom. The fraction of sp³-hybridized carbons (Fsp3) is 0.839. The van der Waals surface area contributed by atoms with E-state index in [0.717, 1.165) is 0 Å². The van der Waals surface area contributed by atoms with Crippen molar-refractivity contribution in [3.05, 3.63) is 0 Å². The first-order valence-corrected chi connectivity index (χ1v) is 28.1. The van der Waals surface area contributed by atoms with Crippen LogP contribution in [0, 0.1) is 65.1 Å². The predicted molar refractivity (Wildman–Crippen MR) is 289 cm³/mol. The minimum absolute atomic E-state index is 0.0307. The van der Waals surface area contributed by atoms with Gasteiger partial charge < -0.3 is 53.4 Å². The average molecular weight is 1060 g/mol. The molecule has 432 valence electrons. The maximum absolute atomic E-state index is 14.5. The number of Topliss-reactive ketones (excluding diaryl/α,β-unsaturated/α-hetero) is 4. The van der Waals surface area contributed by atoms with E-state index in [1.54, 1.807) is 20.8 Å². The second kappa shape index (κ2) is 35.3. The molecule has 4 amide bonds. The van der Waals surface area contributed by atoms with E-state index in [2.05, 4.69) is 21.3 Å². The van der Waals surface area contributed by atoms with Gasteiger partial charge in [0.1, 0.15) is 17.7 Å². The van der Waals surface area contributed by atoms with E-state index in [1.165, 1.54) is 0 Å². The van der Waals surface area contributed by atoms with Crippen LogP contribution in [0.4, 0.5) is 0 Å². The predicted octanol–water partition coefficient (Wildman–Crippen LogP) is 3.84. The van der Waals surface area contributed by atoms with Gasteiger partial charge in [0.05, 0.1) is 30.8 Å². The molecule has 0 aromatic heterocycles. The summed E-state index contributed by atoms with van der Waals surface area (Å²) < 4.78 is 5.86. The monoisotopic (exact) mass is 1060 g/mol. The topological polar surface area (TPSA) is 330 Å². The summed E-state index contributed by atoms with van der Waals surface area (Å²) in [5.74, 6) is -11.1. The number of ether oxygens (including phenoxy) is 1. The van der Waals surface area contributed by atoms with Crippen molar-refractivity contribution in [3.63, 3.8) is 0 Å². The van der Waals surface area contributed by atoms with Gasteiger partial charge in [-0.25, -0.2) is 4.79 Å². The van der Waals surface area contributed by atoms with Crippen molar-refractivity contribution in [3.8, 4) is 0 Å². The summed E-state index contributed by atoms with van der Waals surface area (Å²) in [5.41, 5.74) is 18.0. The van der Waals surface area contributed by atoms with Crippen molar-refractivity contribution in [1.29, 1.82) is 0 Å². The molecule has 1 aliphatic heterocycles. The van der Waals surface area contributed by atoms with Crippen molar-refractivity contribution in [1.82, 2.24) is 21.3 Å². The zero-order valence-corrected chi connectivity index (χ0v) is 47.8. The minimum atomic E-state index is -1.56. The molecule has 12 N–H and O–H groups in total. The van der Waals surface area contributed by atoms with Crippen LogP contribution in [0.5, 0.6) is 0 Å². The Hall–Kier alpha value is -4.17. The largest absolute Gasteiger partial charge is 0.460 e. The Balaban J connectivity index is 4.03. The number of cyclic esters (lactones) is 1. The molecule has 1 fully saturated rings. The van der Waals surface area contributed by atoms with Gasteiger partial charge in [-0.2, -0.15) is 0 Å². The number of nitrogens with two attached hydrogens (primary N) is 3. The molecule has 19 nitrogen and oxygen atoms in total. The molecule has 0 bridgehead atoms. The smallest absolute Gasteiger partial charge is 0.331 e. The summed E-state index contributed by atoms with van der Waals surface area (Å²) >= 11 is 0. The molecule has 14 atom stereocenters. The minimum Gasteiger partial charge on any atom is -0.460 e. The van der Waals surface area contributed by atoms with Crippen LogP contribution < -0.4 is 38.5 Å². The first-order chi connectivity index (χ1) is 35.2. The van der Waals surface area contributed by atoms with Crippen molar-refractivity contribution >= 4 is 52.7 Å². The van der Waals surface area contributed by atoms with Crippen LogP contribution in [0.3, 0.4) is 0 Å². The van der Waals surface area contributed by atoms with Gasteiger partial charge in [-0.15, -0.1) is 0 Å². The Morgan fingerprint density at radius 1 is 0.520 bits per heavy atom. The molecule has 19 heteroatoms. The average Bonchev–Trinajstić information content (AvgIpc) is 3.34. The third-order valence-electron chi connectivity index (χ3n) is 15.2. The molecule has 1 rings (SSSR count). The summed E-state index contributed by atoms with van der Waals surface area (Å²) in [7, 11) is 0. The number of amides is 4. The molecule has 0 spiro atoms. The van der Waals surface area contributed by atoms with E-state index in [4.69, 9.17) is 21.9 Å². The second-order valence-corrected chi connectivity index (χ2v) is 22.9. The summed E-state index contributed by atoms with van der Waals surface area (Å²) in [6.45, 7) is 21.4. The molecule has 0 aliphatic carbocycles. The Morgan fingerprint density at radius 2 is 0.960 bits per heavy atom. The highest BCUT2D eigenvalue weighted by Crippen LogP contribution is 2.28. The molecular formula is C56H101N7O12. The molecule has 75 heavy (non-hydrogen) atoms. The molecule has 0 aromatic rings. The molecule has 0 saturated carbocycles. The van der Waals surface area contributed by atoms with Crippen LogP contribution >= 0.6 is 0 Å². The number of hydrogen-bond acceptors (Lipinski definition) is 15. The van der Waals surface area contributed by atoms with Crippen LogP contribution in [-0.4, -0.2) is 126 Å². The lowest BCUT2D eigenvalue weighted by Crippen LogP contribution is -2.52. The number of carbonyl (C=O) groups is 9. The summed E-state index contributed by atoms with van der Waals surface area (Å²) in [5, 5.41) is 33.7. The highest BCUT2D eigenvalue weighted by molar-refractivity contribution is 5.97. The van der Waals surface area contributed by atoms with Gasteiger partial charge in [0.25, 0.3) is 0 Å². The molecule has 1 aliphatic rings. The highest BCUT2D eigenvalue weighted by Gasteiger charge is 2.39. The maximum atomic E-state index is 14.5. The number of rotatable bonds is 18. The summed E-state index contributed by atoms with van der Waals surface area (Å²) in [6.07, 6.45) is -1.42. The zero-order valence-electron chi connectivity index (χ0n) is 47.8. The third kappa shape index (κ3) is 23.5. The maximum Gasteiger partial charge on any atom is 0.331 e. The van der Waals surface area contributed by atoms with Gasteiger partial charge in [-0.1, -0.05) is 102 Å². The number of nitrogens with one attached hydrogen (secondary N) is 4. The number of esters is 1. The van der Waals surface area contributed by atoms with Crippen LogP contribution in [0.2, 0.25) is 0 Å². The molecule has 1 saturated heterocycles. The van der Waals surface area contributed by atoms with Gasteiger partial charge in [0, 0.05) is 61.7 Å². The Bertz CT molecular complexity index is 1830. The van der Waals surface area contributed by atoms with E-state index in [0.29, 0.717) is 25.7 Å². The van der Waals surface area contributed by atoms with Gasteiger partial charge >= 0.3 is 5.97 Å². The van der Waals surface area contributed by atoms with E-state index in [1.807, 2.05) is 62.3 Å². The van der Waals surface area contributed by atoms with E-state index in [9.17, 15) is 53.4 Å². The van der Waals surface area contributed by atoms with Gasteiger partial charge in [0.2, 0.25) is 23.6 Å². The van der Waals surface area contributed by atoms with Crippen molar-refractivity contribution in [2.24, 2.45) is 82.3 Å². The van der Waals surface area contributed by atoms with Gasteiger partial charge in [0.15, 0.2) is 17.6 Å². The molecule has 11 unspecified atom stereocenters. The summed E-state index contributed by atoms with van der Waals surface area (Å²) in [4.78, 5) is 127. The first kappa shape index (κ1) is 68.8. The molecular weight excluding hydrogens is 963 g/mol. The third-order valence-corrected chi connectivity index (χ3v) is 15.2. The van der Waals surface area contributed by atoms with Crippen molar-refractivity contribution in [2.75, 3.05) is 26.2 Å². The lowest BCUT2D eigenvalue weighted by atomic mass is 9.81. The van der Waals surface area contributed by atoms with Crippen LogP contribution in [0.15, 0.2) is 0 Å². The normalized spacial score (nSPS) is 29.2. The van der Waals surface area contributed by atoms with Crippen LogP contribution in [-0.2, 0) is 47.9 Å². The van der Waals surface area contributed by atoms with Crippen LogP contribution in [0.1, 0.15) is 173 Å². The van der Waals surface area contributed by atoms with E-state index < -0.39 is 120 Å². The van der Waals surface area contributed by atoms with Gasteiger partial charge in [-0.05, 0) is 93.7 Å². The number of aliphatic hydroxyl groups excluding tert-OH is 2. The molecule has 0 aromatic carbocycles. The van der Waals surface area contributed by atoms with Crippen LogP contribution in [0.25, 0.3) is 0 Å². The Labute approximate surface area is 448 Å². The lowest BCUT2D eigenvalue weighted by molar-refractivity contribution is -0.158. The summed E-state index contributed by atoms with van der Waals surface area (Å²) in [6, 6.07) is -4.52.